The molecular weight excluding hydrogens is 472 g/mol. The molecule has 0 spiro atoms. The van der Waals surface area contributed by atoms with Crippen LogP contribution in [0.15, 0.2) is 89.7 Å². The molecule has 37 heavy (non-hydrogen) atoms. The number of hydrogen-bond donors (Lipinski definition) is 3. The molecule has 1 aliphatic heterocycles. The van der Waals surface area contributed by atoms with Crippen molar-refractivity contribution in [2.75, 3.05) is 16.8 Å². The number of fused-ring (bicyclic) bond motifs is 1. The molecule has 0 bridgehead atoms. The topological polar surface area (TPSA) is 125 Å². The van der Waals surface area contributed by atoms with Crippen LogP contribution in [0.5, 0.6) is 5.75 Å². The van der Waals surface area contributed by atoms with E-state index in [0.717, 1.165) is 11.1 Å². The van der Waals surface area contributed by atoms with Gasteiger partial charge in [-0.2, -0.15) is 0 Å². The van der Waals surface area contributed by atoms with E-state index in [4.69, 9.17) is 0 Å². The summed E-state index contributed by atoms with van der Waals surface area (Å²) in [5.74, 6) is -2.15. The number of benzene rings is 3. The number of amides is 1. The third-order valence-corrected chi connectivity index (χ3v) is 5.91. The summed E-state index contributed by atoms with van der Waals surface area (Å²) in [6, 6.07) is 25.6. The Kier molecular flexibility index (Phi) is 7.63. The number of aromatic carboxylic acids is 1. The summed E-state index contributed by atoms with van der Waals surface area (Å²) in [4.78, 5) is 42.6. The highest BCUT2D eigenvalue weighted by atomic mass is 16.4. The van der Waals surface area contributed by atoms with Crippen molar-refractivity contribution >= 4 is 23.5 Å². The summed E-state index contributed by atoms with van der Waals surface area (Å²) in [6.07, 6.45) is 0.554. The standard InChI is InChI=1S/C22H20N4O5.C6H6/c1-25-20(29)18(27)17(19(28)23-16-5-3-2-4-6-16)24-22(25)26-10-9-13-11-14(21(30)31)7-8-15(13)12-26;1-2-4-6-5-3-1/h2-8,11,27H,9-10,12H2,1H3,(H,23,28)(H,30,31);1-6H. The highest BCUT2D eigenvalue weighted by molar-refractivity contribution is 6.04. The van der Waals surface area contributed by atoms with Crippen LogP contribution in [-0.4, -0.2) is 38.2 Å². The minimum Gasteiger partial charge on any atom is -0.501 e. The molecule has 0 atom stereocenters. The zero-order chi connectivity index (χ0) is 26.4. The summed E-state index contributed by atoms with van der Waals surface area (Å²) in [7, 11) is 1.48. The molecule has 0 saturated heterocycles. The quantitative estimate of drug-likeness (QED) is 0.392. The fourth-order valence-electron chi connectivity index (χ4n) is 3.97. The third kappa shape index (κ3) is 5.84. The summed E-state index contributed by atoms with van der Waals surface area (Å²) < 4.78 is 1.20. The molecule has 5 rings (SSSR count). The third-order valence-electron chi connectivity index (χ3n) is 5.91. The number of nitrogens with zero attached hydrogens (tertiary/aromatic N) is 3. The average molecular weight is 499 g/mol. The lowest BCUT2D eigenvalue weighted by Crippen LogP contribution is -2.37. The second-order valence-corrected chi connectivity index (χ2v) is 8.41. The van der Waals surface area contributed by atoms with Gasteiger partial charge < -0.3 is 20.4 Å². The number of rotatable bonds is 4. The Morgan fingerprint density at radius 3 is 2.16 bits per heavy atom. The zero-order valence-electron chi connectivity index (χ0n) is 20.2. The molecule has 1 aliphatic rings. The van der Waals surface area contributed by atoms with Gasteiger partial charge in [-0.05, 0) is 41.8 Å². The van der Waals surface area contributed by atoms with Crippen molar-refractivity contribution in [2.24, 2.45) is 7.05 Å². The van der Waals surface area contributed by atoms with E-state index < -0.39 is 23.2 Å². The molecule has 0 aliphatic carbocycles. The van der Waals surface area contributed by atoms with E-state index in [1.165, 1.54) is 17.7 Å². The summed E-state index contributed by atoms with van der Waals surface area (Å²) in [5, 5.41) is 22.1. The van der Waals surface area contributed by atoms with Crippen molar-refractivity contribution in [3.8, 4) is 5.75 Å². The van der Waals surface area contributed by atoms with Crippen LogP contribution >= 0.6 is 0 Å². The second kappa shape index (κ2) is 11.2. The molecule has 1 aromatic heterocycles. The molecule has 3 N–H and O–H groups in total. The molecular formula is C28H26N4O5. The molecule has 1 amide bonds. The van der Waals surface area contributed by atoms with Crippen molar-refractivity contribution in [3.05, 3.63) is 118 Å². The highest BCUT2D eigenvalue weighted by Gasteiger charge is 2.25. The monoisotopic (exact) mass is 498 g/mol. The first kappa shape index (κ1) is 25.2. The van der Waals surface area contributed by atoms with Crippen molar-refractivity contribution in [2.45, 2.75) is 13.0 Å². The zero-order valence-corrected chi connectivity index (χ0v) is 20.2. The van der Waals surface area contributed by atoms with Gasteiger partial charge >= 0.3 is 5.97 Å². The fourth-order valence-corrected chi connectivity index (χ4v) is 3.97. The number of anilines is 2. The van der Waals surface area contributed by atoms with Gasteiger partial charge in [-0.3, -0.25) is 14.2 Å². The normalized spacial score (nSPS) is 12.1. The van der Waals surface area contributed by atoms with Gasteiger partial charge in [-0.1, -0.05) is 60.7 Å². The number of aromatic hydroxyl groups is 1. The van der Waals surface area contributed by atoms with Gasteiger partial charge in [0.25, 0.3) is 11.5 Å². The van der Waals surface area contributed by atoms with Gasteiger partial charge in [0.15, 0.2) is 5.69 Å². The molecule has 9 heteroatoms. The number of para-hydroxylation sites is 1. The van der Waals surface area contributed by atoms with E-state index in [2.05, 4.69) is 10.3 Å². The minimum absolute atomic E-state index is 0.224. The van der Waals surface area contributed by atoms with Gasteiger partial charge in [0.1, 0.15) is 0 Å². The predicted molar refractivity (Wildman–Crippen MR) is 140 cm³/mol. The van der Waals surface area contributed by atoms with Gasteiger partial charge in [0.2, 0.25) is 11.7 Å². The maximum Gasteiger partial charge on any atom is 0.335 e. The number of carboxylic acid groups (broad SMARTS) is 1. The van der Waals surface area contributed by atoms with Crippen LogP contribution in [0.1, 0.15) is 32.0 Å². The average Bonchev–Trinajstić information content (AvgIpc) is 2.93. The number of hydrogen-bond acceptors (Lipinski definition) is 6. The Hall–Kier alpha value is -4.92. The number of carboxylic acids is 1. The molecule has 0 saturated carbocycles. The molecule has 188 valence electrons. The van der Waals surface area contributed by atoms with E-state index >= 15 is 0 Å². The summed E-state index contributed by atoms with van der Waals surface area (Å²) in [6.45, 7) is 0.862. The Bertz CT molecular complexity index is 1440. The lowest BCUT2D eigenvalue weighted by molar-refractivity contribution is 0.0696. The first-order valence-electron chi connectivity index (χ1n) is 11.6. The van der Waals surface area contributed by atoms with Crippen LogP contribution in [0.3, 0.4) is 0 Å². The minimum atomic E-state index is -0.984. The van der Waals surface area contributed by atoms with Gasteiger partial charge in [0.05, 0.1) is 5.56 Å². The number of carbonyl (C=O) groups is 2. The Balaban J connectivity index is 0.000000469. The predicted octanol–water partition coefficient (Wildman–Crippen LogP) is 3.69. The van der Waals surface area contributed by atoms with E-state index in [1.54, 1.807) is 42.5 Å². The fraction of sp³-hybridized carbons (Fsp3) is 0.143. The van der Waals surface area contributed by atoms with Crippen LogP contribution < -0.4 is 15.8 Å². The van der Waals surface area contributed by atoms with Crippen LogP contribution in [0.25, 0.3) is 0 Å². The van der Waals surface area contributed by atoms with Gasteiger partial charge in [0, 0.05) is 25.8 Å². The Labute approximate surface area is 213 Å². The van der Waals surface area contributed by atoms with Crippen LogP contribution in [-0.2, 0) is 20.0 Å². The Morgan fingerprint density at radius 2 is 1.54 bits per heavy atom. The van der Waals surface area contributed by atoms with Crippen LogP contribution in [0, 0.1) is 0 Å². The van der Waals surface area contributed by atoms with Crippen LogP contribution in [0.4, 0.5) is 11.6 Å². The molecule has 9 nitrogen and oxygen atoms in total. The molecule has 0 unspecified atom stereocenters. The lowest BCUT2D eigenvalue weighted by atomic mass is 9.97. The number of carbonyl (C=O) groups excluding carboxylic acids is 1. The molecule has 0 radical (unpaired) electrons. The van der Waals surface area contributed by atoms with Gasteiger partial charge in [-0.25, -0.2) is 9.78 Å². The first-order chi connectivity index (χ1) is 17.8. The first-order valence-corrected chi connectivity index (χ1v) is 11.6. The number of nitrogens with one attached hydrogen (secondary N) is 1. The SMILES string of the molecule is Cn1c(N2CCc3cc(C(=O)O)ccc3C2)nc(C(=O)Nc2ccccc2)c(O)c1=O.c1ccccc1. The largest absolute Gasteiger partial charge is 0.501 e. The van der Waals surface area contributed by atoms with E-state index in [9.17, 15) is 24.6 Å². The lowest BCUT2D eigenvalue weighted by Gasteiger charge is -2.31. The smallest absolute Gasteiger partial charge is 0.335 e. The van der Waals surface area contributed by atoms with Crippen molar-refractivity contribution in [1.82, 2.24) is 9.55 Å². The molecule has 4 aromatic rings. The maximum absolute atomic E-state index is 12.7. The van der Waals surface area contributed by atoms with E-state index in [0.29, 0.717) is 25.2 Å². The molecule has 3 aromatic carbocycles. The van der Waals surface area contributed by atoms with E-state index in [-0.39, 0.29) is 17.2 Å². The van der Waals surface area contributed by atoms with Crippen LogP contribution in [0.2, 0.25) is 0 Å². The number of aromatic nitrogens is 2. The van der Waals surface area contributed by atoms with Crippen molar-refractivity contribution in [1.29, 1.82) is 0 Å². The van der Waals surface area contributed by atoms with E-state index in [1.807, 2.05) is 41.3 Å². The molecule has 2 heterocycles. The van der Waals surface area contributed by atoms with Crippen molar-refractivity contribution < 1.29 is 19.8 Å². The summed E-state index contributed by atoms with van der Waals surface area (Å²) in [5.41, 5.74) is 1.49. The molecule has 0 fully saturated rings. The second-order valence-electron chi connectivity index (χ2n) is 8.41. The Morgan fingerprint density at radius 1 is 0.919 bits per heavy atom. The van der Waals surface area contributed by atoms with Crippen molar-refractivity contribution in [3.63, 3.8) is 0 Å². The van der Waals surface area contributed by atoms with Gasteiger partial charge in [-0.15, -0.1) is 0 Å². The summed E-state index contributed by atoms with van der Waals surface area (Å²) >= 11 is 0. The highest BCUT2D eigenvalue weighted by Crippen LogP contribution is 2.25. The maximum atomic E-state index is 12.7.